The Bertz CT molecular complexity index is 961. The van der Waals surface area contributed by atoms with E-state index in [4.69, 9.17) is 9.15 Å². The molecule has 3 aromatic rings. The molecule has 1 aliphatic carbocycles. The number of rotatable bonds is 5. The average Bonchev–Trinajstić information content (AvgIpc) is 3.33. The van der Waals surface area contributed by atoms with Gasteiger partial charge in [-0.15, -0.1) is 0 Å². The summed E-state index contributed by atoms with van der Waals surface area (Å²) in [5.74, 6) is 0.670. The SMILES string of the molecule is Cn1nc2c(c1NC(=O)c1ccc(COc3ccccc3F)o1)CCC2. The molecule has 0 atom stereocenters. The summed E-state index contributed by atoms with van der Waals surface area (Å²) in [6.45, 7) is 0.0370. The van der Waals surface area contributed by atoms with Gasteiger partial charge in [-0.3, -0.25) is 9.48 Å². The molecule has 0 bridgehead atoms. The first-order valence-corrected chi connectivity index (χ1v) is 8.44. The van der Waals surface area contributed by atoms with Crippen molar-refractivity contribution in [2.24, 2.45) is 7.05 Å². The number of amides is 1. The number of benzene rings is 1. The molecule has 1 aromatic carbocycles. The molecule has 2 aromatic heterocycles. The molecule has 26 heavy (non-hydrogen) atoms. The van der Waals surface area contributed by atoms with E-state index in [-0.39, 0.29) is 24.0 Å². The van der Waals surface area contributed by atoms with Gasteiger partial charge in [0, 0.05) is 12.6 Å². The van der Waals surface area contributed by atoms with Gasteiger partial charge in [0.05, 0.1) is 5.69 Å². The second kappa shape index (κ2) is 6.67. The maximum atomic E-state index is 13.6. The number of carbonyl (C=O) groups excluding carboxylic acids is 1. The highest BCUT2D eigenvalue weighted by Crippen LogP contribution is 2.28. The third-order valence-electron chi connectivity index (χ3n) is 4.39. The van der Waals surface area contributed by atoms with Crippen LogP contribution in [0.3, 0.4) is 0 Å². The van der Waals surface area contributed by atoms with Crippen LogP contribution in [0, 0.1) is 5.82 Å². The molecule has 7 heteroatoms. The van der Waals surface area contributed by atoms with E-state index in [1.54, 1.807) is 28.9 Å². The number of hydrogen-bond donors (Lipinski definition) is 1. The number of carbonyl (C=O) groups is 1. The van der Waals surface area contributed by atoms with Crippen molar-refractivity contribution in [3.8, 4) is 5.75 Å². The third-order valence-corrected chi connectivity index (χ3v) is 4.39. The van der Waals surface area contributed by atoms with Crippen LogP contribution in [0.1, 0.15) is 34.0 Å². The van der Waals surface area contributed by atoms with E-state index in [2.05, 4.69) is 10.4 Å². The zero-order chi connectivity index (χ0) is 18.1. The number of para-hydroxylation sites is 1. The number of nitrogens with one attached hydrogen (secondary N) is 1. The molecular formula is C19H18FN3O3. The monoisotopic (exact) mass is 355 g/mol. The van der Waals surface area contributed by atoms with Gasteiger partial charge in [0.25, 0.3) is 5.91 Å². The Labute approximate surface area is 149 Å². The Balaban J connectivity index is 1.43. The summed E-state index contributed by atoms with van der Waals surface area (Å²) >= 11 is 0. The minimum absolute atomic E-state index is 0.0370. The summed E-state index contributed by atoms with van der Waals surface area (Å²) in [6, 6.07) is 9.35. The van der Waals surface area contributed by atoms with Crippen molar-refractivity contribution >= 4 is 11.7 Å². The Morgan fingerprint density at radius 2 is 2.15 bits per heavy atom. The fraction of sp³-hybridized carbons (Fsp3) is 0.263. The summed E-state index contributed by atoms with van der Waals surface area (Å²) in [4.78, 5) is 12.5. The van der Waals surface area contributed by atoms with Crippen LogP contribution in [0.5, 0.6) is 5.75 Å². The van der Waals surface area contributed by atoms with Crippen LogP contribution in [0.4, 0.5) is 10.2 Å². The molecular weight excluding hydrogens is 337 g/mol. The van der Waals surface area contributed by atoms with Crippen molar-refractivity contribution < 1.29 is 18.3 Å². The van der Waals surface area contributed by atoms with Crippen molar-refractivity contribution in [3.05, 3.63) is 65.0 Å². The second-order valence-corrected chi connectivity index (χ2v) is 6.19. The Morgan fingerprint density at radius 3 is 3.00 bits per heavy atom. The zero-order valence-corrected chi connectivity index (χ0v) is 14.3. The molecule has 0 spiro atoms. The Kier molecular flexibility index (Phi) is 4.20. The molecule has 0 fully saturated rings. The third kappa shape index (κ3) is 3.08. The number of halogens is 1. The van der Waals surface area contributed by atoms with E-state index >= 15 is 0 Å². The highest BCUT2D eigenvalue weighted by Gasteiger charge is 2.23. The topological polar surface area (TPSA) is 69.3 Å². The van der Waals surface area contributed by atoms with Crippen LogP contribution in [0.15, 0.2) is 40.8 Å². The number of anilines is 1. The quantitative estimate of drug-likeness (QED) is 0.761. The molecule has 134 valence electrons. The molecule has 4 rings (SSSR count). The smallest absolute Gasteiger partial charge is 0.292 e. The van der Waals surface area contributed by atoms with E-state index in [9.17, 15) is 9.18 Å². The molecule has 1 N–H and O–H groups in total. The van der Waals surface area contributed by atoms with Gasteiger partial charge in [-0.05, 0) is 43.5 Å². The maximum Gasteiger partial charge on any atom is 0.292 e. The zero-order valence-electron chi connectivity index (χ0n) is 14.3. The van der Waals surface area contributed by atoms with Gasteiger partial charge in [-0.25, -0.2) is 4.39 Å². The molecule has 6 nitrogen and oxygen atoms in total. The van der Waals surface area contributed by atoms with Crippen LogP contribution < -0.4 is 10.1 Å². The summed E-state index contributed by atoms with van der Waals surface area (Å²) < 4.78 is 26.2. The summed E-state index contributed by atoms with van der Waals surface area (Å²) in [7, 11) is 1.81. The molecule has 0 saturated heterocycles. The highest BCUT2D eigenvalue weighted by atomic mass is 19.1. The minimum atomic E-state index is -0.443. The number of fused-ring (bicyclic) bond motifs is 1. The number of aromatic nitrogens is 2. The number of hydrogen-bond acceptors (Lipinski definition) is 4. The van der Waals surface area contributed by atoms with Crippen molar-refractivity contribution in [1.82, 2.24) is 9.78 Å². The molecule has 2 heterocycles. The van der Waals surface area contributed by atoms with E-state index < -0.39 is 5.82 Å². The largest absolute Gasteiger partial charge is 0.483 e. The van der Waals surface area contributed by atoms with Crippen molar-refractivity contribution in [2.75, 3.05) is 5.32 Å². The lowest BCUT2D eigenvalue weighted by atomic mass is 10.2. The number of nitrogens with zero attached hydrogens (tertiary/aromatic N) is 2. The number of aryl methyl sites for hydroxylation is 2. The van der Waals surface area contributed by atoms with Crippen molar-refractivity contribution in [2.45, 2.75) is 25.9 Å². The molecule has 1 amide bonds. The second-order valence-electron chi connectivity index (χ2n) is 6.19. The molecule has 0 radical (unpaired) electrons. The summed E-state index contributed by atoms with van der Waals surface area (Å²) in [5.41, 5.74) is 2.14. The van der Waals surface area contributed by atoms with Crippen LogP contribution in [-0.2, 0) is 26.5 Å². The normalized spacial score (nSPS) is 12.8. The number of furan rings is 1. The summed E-state index contributed by atoms with van der Waals surface area (Å²) in [5, 5.41) is 7.30. The molecule has 0 aliphatic heterocycles. The van der Waals surface area contributed by atoms with Gasteiger partial charge in [-0.1, -0.05) is 12.1 Å². The average molecular weight is 355 g/mol. The first-order chi connectivity index (χ1) is 12.6. The van der Waals surface area contributed by atoms with E-state index in [1.807, 2.05) is 7.05 Å². The van der Waals surface area contributed by atoms with Crippen LogP contribution in [-0.4, -0.2) is 15.7 Å². The fourth-order valence-electron chi connectivity index (χ4n) is 3.13. The van der Waals surface area contributed by atoms with Gasteiger partial charge in [0.15, 0.2) is 17.3 Å². The first-order valence-electron chi connectivity index (χ1n) is 8.44. The highest BCUT2D eigenvalue weighted by molar-refractivity contribution is 6.02. The summed E-state index contributed by atoms with van der Waals surface area (Å²) in [6.07, 6.45) is 2.91. The molecule has 0 unspecified atom stereocenters. The molecule has 1 aliphatic rings. The van der Waals surface area contributed by atoms with E-state index in [0.717, 1.165) is 30.5 Å². The van der Waals surface area contributed by atoms with Crippen LogP contribution >= 0.6 is 0 Å². The van der Waals surface area contributed by atoms with Crippen LogP contribution in [0.25, 0.3) is 0 Å². The predicted octanol–water partition coefficient (Wildman–Crippen LogP) is 3.47. The van der Waals surface area contributed by atoms with Gasteiger partial charge >= 0.3 is 0 Å². The van der Waals surface area contributed by atoms with Crippen molar-refractivity contribution in [1.29, 1.82) is 0 Å². The maximum absolute atomic E-state index is 13.6. The van der Waals surface area contributed by atoms with E-state index in [0.29, 0.717) is 11.6 Å². The first kappa shape index (κ1) is 16.4. The lowest BCUT2D eigenvalue weighted by Crippen LogP contribution is -2.15. The van der Waals surface area contributed by atoms with Crippen molar-refractivity contribution in [3.63, 3.8) is 0 Å². The number of ether oxygens (including phenoxy) is 1. The van der Waals surface area contributed by atoms with Gasteiger partial charge in [0.1, 0.15) is 18.2 Å². The Hall–Kier alpha value is -3.09. The van der Waals surface area contributed by atoms with E-state index in [1.165, 1.54) is 12.1 Å². The van der Waals surface area contributed by atoms with Gasteiger partial charge < -0.3 is 14.5 Å². The molecule has 0 saturated carbocycles. The van der Waals surface area contributed by atoms with Gasteiger partial charge in [-0.2, -0.15) is 5.10 Å². The standard InChI is InChI=1S/C19H18FN3O3/c1-23-18(13-5-4-7-15(13)22-23)21-19(24)17-10-9-12(26-17)11-25-16-8-3-2-6-14(16)20/h2-3,6,8-10H,4-5,7,11H2,1H3,(H,21,24). The van der Waals surface area contributed by atoms with Gasteiger partial charge in [0.2, 0.25) is 0 Å². The van der Waals surface area contributed by atoms with Crippen LogP contribution in [0.2, 0.25) is 0 Å². The predicted molar refractivity (Wildman–Crippen MR) is 92.6 cm³/mol. The Morgan fingerprint density at radius 1 is 1.31 bits per heavy atom. The lowest BCUT2D eigenvalue weighted by Gasteiger charge is -2.06. The fourth-order valence-corrected chi connectivity index (χ4v) is 3.13. The minimum Gasteiger partial charge on any atom is -0.483 e. The lowest BCUT2D eigenvalue weighted by molar-refractivity contribution is 0.0991.